The maximum absolute atomic E-state index is 12.6. The first-order valence-corrected chi connectivity index (χ1v) is 12.1. The Balaban J connectivity index is 1.58. The van der Waals surface area contributed by atoms with Crippen molar-refractivity contribution in [3.8, 4) is 11.5 Å². The summed E-state index contributed by atoms with van der Waals surface area (Å²) in [7, 11) is -2.13. The standard InChI is InChI=1S/C25H28N2O5S/c1-4-32-22-10-12-23(13-11-22)33(29,30)27-21-8-6-19(7-9-21)25(28)26-16-15-20-17-18(2)5-14-24(20)31-3/h5-14,17,27H,4,15-16H2,1-3H3,(H,26,28). The number of hydrogen-bond donors (Lipinski definition) is 2. The lowest BCUT2D eigenvalue weighted by Gasteiger charge is -2.11. The van der Waals surface area contributed by atoms with Gasteiger partial charge in [0.05, 0.1) is 18.6 Å². The number of methoxy groups -OCH3 is 1. The number of carbonyl (C=O) groups is 1. The van der Waals surface area contributed by atoms with Crippen molar-refractivity contribution in [1.82, 2.24) is 5.32 Å². The first-order chi connectivity index (χ1) is 15.8. The van der Waals surface area contributed by atoms with E-state index in [0.717, 1.165) is 16.9 Å². The third kappa shape index (κ3) is 6.49. The summed E-state index contributed by atoms with van der Waals surface area (Å²) in [6, 6.07) is 18.4. The Labute approximate surface area is 194 Å². The second-order valence-corrected chi connectivity index (χ2v) is 9.09. The molecule has 0 bridgehead atoms. The van der Waals surface area contributed by atoms with Gasteiger partial charge < -0.3 is 14.8 Å². The number of sulfonamides is 1. The summed E-state index contributed by atoms with van der Waals surface area (Å²) in [6.45, 7) is 4.82. The van der Waals surface area contributed by atoms with Gasteiger partial charge >= 0.3 is 0 Å². The highest BCUT2D eigenvalue weighted by Gasteiger charge is 2.15. The van der Waals surface area contributed by atoms with E-state index in [4.69, 9.17) is 9.47 Å². The van der Waals surface area contributed by atoms with E-state index >= 15 is 0 Å². The van der Waals surface area contributed by atoms with Gasteiger partial charge in [0, 0.05) is 17.8 Å². The highest BCUT2D eigenvalue weighted by atomic mass is 32.2. The smallest absolute Gasteiger partial charge is 0.261 e. The van der Waals surface area contributed by atoms with Crippen molar-refractivity contribution in [2.75, 3.05) is 25.0 Å². The van der Waals surface area contributed by atoms with Crippen molar-refractivity contribution in [1.29, 1.82) is 0 Å². The predicted molar refractivity (Wildman–Crippen MR) is 129 cm³/mol. The molecule has 0 saturated carbocycles. The second kappa shape index (κ2) is 10.9. The van der Waals surface area contributed by atoms with Crippen molar-refractivity contribution in [3.63, 3.8) is 0 Å². The zero-order chi connectivity index (χ0) is 23.8. The van der Waals surface area contributed by atoms with Crippen LogP contribution in [0, 0.1) is 6.92 Å². The lowest BCUT2D eigenvalue weighted by atomic mass is 10.1. The number of nitrogens with one attached hydrogen (secondary N) is 2. The molecule has 174 valence electrons. The molecular weight excluding hydrogens is 440 g/mol. The fourth-order valence-electron chi connectivity index (χ4n) is 3.30. The van der Waals surface area contributed by atoms with E-state index in [-0.39, 0.29) is 10.8 Å². The van der Waals surface area contributed by atoms with Crippen molar-refractivity contribution in [2.24, 2.45) is 0 Å². The van der Waals surface area contributed by atoms with Crippen LogP contribution in [0.3, 0.4) is 0 Å². The van der Waals surface area contributed by atoms with Crippen LogP contribution < -0.4 is 19.5 Å². The predicted octanol–water partition coefficient (Wildman–Crippen LogP) is 4.18. The molecule has 0 unspecified atom stereocenters. The third-order valence-electron chi connectivity index (χ3n) is 4.96. The number of amides is 1. The van der Waals surface area contributed by atoms with Gasteiger partial charge in [-0.25, -0.2) is 8.42 Å². The summed E-state index contributed by atoms with van der Waals surface area (Å²) >= 11 is 0. The molecule has 0 aliphatic carbocycles. The molecular formula is C25H28N2O5S. The average Bonchev–Trinajstić information content (AvgIpc) is 2.80. The third-order valence-corrected chi connectivity index (χ3v) is 6.36. The van der Waals surface area contributed by atoms with Crippen LogP contribution in [0.2, 0.25) is 0 Å². The summed E-state index contributed by atoms with van der Waals surface area (Å²) in [5.41, 5.74) is 2.96. The van der Waals surface area contributed by atoms with E-state index in [2.05, 4.69) is 10.0 Å². The fraction of sp³-hybridized carbons (Fsp3) is 0.240. The van der Waals surface area contributed by atoms with Crippen molar-refractivity contribution in [3.05, 3.63) is 83.4 Å². The molecule has 0 aromatic heterocycles. The van der Waals surface area contributed by atoms with Crippen LogP contribution in [0.1, 0.15) is 28.4 Å². The molecule has 7 nitrogen and oxygen atoms in total. The minimum absolute atomic E-state index is 0.124. The van der Waals surface area contributed by atoms with Gasteiger partial charge in [0.1, 0.15) is 11.5 Å². The largest absolute Gasteiger partial charge is 0.496 e. The minimum Gasteiger partial charge on any atom is -0.496 e. The zero-order valence-electron chi connectivity index (χ0n) is 18.9. The van der Waals surface area contributed by atoms with Gasteiger partial charge in [0.2, 0.25) is 0 Å². The van der Waals surface area contributed by atoms with Crippen LogP contribution in [0.4, 0.5) is 5.69 Å². The summed E-state index contributed by atoms with van der Waals surface area (Å²) in [6.07, 6.45) is 0.635. The summed E-state index contributed by atoms with van der Waals surface area (Å²) in [5.74, 6) is 1.16. The Morgan fingerprint density at radius 3 is 2.30 bits per heavy atom. The lowest BCUT2D eigenvalue weighted by molar-refractivity contribution is 0.0954. The van der Waals surface area contributed by atoms with Gasteiger partial charge in [0.25, 0.3) is 15.9 Å². The van der Waals surface area contributed by atoms with Gasteiger partial charge in [-0.2, -0.15) is 0 Å². The van der Waals surface area contributed by atoms with E-state index in [1.165, 1.54) is 12.1 Å². The van der Waals surface area contributed by atoms with Crippen LogP contribution in [0.25, 0.3) is 0 Å². The molecule has 0 heterocycles. The highest BCUT2D eigenvalue weighted by molar-refractivity contribution is 7.92. The summed E-state index contributed by atoms with van der Waals surface area (Å²) in [4.78, 5) is 12.6. The molecule has 0 atom stereocenters. The first kappa shape index (κ1) is 24.1. The highest BCUT2D eigenvalue weighted by Crippen LogP contribution is 2.21. The number of anilines is 1. The van der Waals surface area contributed by atoms with Gasteiger partial charge in [0.15, 0.2) is 0 Å². The normalized spacial score (nSPS) is 11.0. The quantitative estimate of drug-likeness (QED) is 0.466. The van der Waals surface area contributed by atoms with E-state index < -0.39 is 10.0 Å². The van der Waals surface area contributed by atoms with E-state index in [1.807, 2.05) is 32.0 Å². The summed E-state index contributed by atoms with van der Waals surface area (Å²) < 4.78 is 38.4. The monoisotopic (exact) mass is 468 g/mol. The number of rotatable bonds is 10. The minimum atomic E-state index is -3.75. The van der Waals surface area contributed by atoms with Gasteiger partial charge in [-0.05, 0) is 80.4 Å². The molecule has 3 rings (SSSR count). The van der Waals surface area contributed by atoms with Crippen LogP contribution in [-0.2, 0) is 16.4 Å². The first-order valence-electron chi connectivity index (χ1n) is 10.6. The van der Waals surface area contributed by atoms with E-state index in [0.29, 0.717) is 36.6 Å². The molecule has 0 aliphatic rings. The van der Waals surface area contributed by atoms with E-state index in [1.54, 1.807) is 43.5 Å². The van der Waals surface area contributed by atoms with Crippen LogP contribution >= 0.6 is 0 Å². The molecule has 3 aromatic rings. The number of hydrogen-bond acceptors (Lipinski definition) is 5. The molecule has 2 N–H and O–H groups in total. The van der Waals surface area contributed by atoms with Gasteiger partial charge in [-0.15, -0.1) is 0 Å². The topological polar surface area (TPSA) is 93.7 Å². The van der Waals surface area contributed by atoms with Crippen molar-refractivity contribution >= 4 is 21.6 Å². The number of ether oxygens (including phenoxy) is 2. The SMILES string of the molecule is CCOc1ccc(S(=O)(=O)Nc2ccc(C(=O)NCCc3cc(C)ccc3OC)cc2)cc1. The zero-order valence-corrected chi connectivity index (χ0v) is 19.7. The number of carbonyl (C=O) groups excluding carboxylic acids is 1. The van der Waals surface area contributed by atoms with E-state index in [9.17, 15) is 13.2 Å². The Kier molecular flexibility index (Phi) is 7.95. The lowest BCUT2D eigenvalue weighted by Crippen LogP contribution is -2.25. The van der Waals surface area contributed by atoms with Crippen molar-refractivity contribution in [2.45, 2.75) is 25.2 Å². The molecule has 8 heteroatoms. The van der Waals surface area contributed by atoms with Crippen LogP contribution in [0.15, 0.2) is 71.6 Å². The Morgan fingerprint density at radius 2 is 1.67 bits per heavy atom. The van der Waals surface area contributed by atoms with Crippen molar-refractivity contribution < 1.29 is 22.7 Å². The molecule has 0 spiro atoms. The van der Waals surface area contributed by atoms with Gasteiger partial charge in [-0.1, -0.05) is 17.7 Å². The molecule has 0 aliphatic heterocycles. The molecule has 3 aromatic carbocycles. The molecule has 0 radical (unpaired) electrons. The second-order valence-electron chi connectivity index (χ2n) is 7.41. The molecule has 0 fully saturated rings. The Morgan fingerprint density at radius 1 is 0.970 bits per heavy atom. The average molecular weight is 469 g/mol. The van der Waals surface area contributed by atoms with Gasteiger partial charge in [-0.3, -0.25) is 9.52 Å². The molecule has 0 saturated heterocycles. The Hall–Kier alpha value is -3.52. The number of benzene rings is 3. The Bertz CT molecular complexity index is 1190. The van der Waals surface area contributed by atoms with Crippen LogP contribution in [0.5, 0.6) is 11.5 Å². The molecule has 33 heavy (non-hydrogen) atoms. The summed E-state index contributed by atoms with van der Waals surface area (Å²) in [5, 5.41) is 2.88. The molecule has 1 amide bonds. The fourth-order valence-corrected chi connectivity index (χ4v) is 4.36. The van der Waals surface area contributed by atoms with Crippen LogP contribution in [-0.4, -0.2) is 34.6 Å². The number of aryl methyl sites for hydroxylation is 1. The maximum atomic E-state index is 12.6. The maximum Gasteiger partial charge on any atom is 0.261 e.